The Kier molecular flexibility index (Phi) is 12.4. The Hall–Kier alpha value is -11.3. The predicted molar refractivity (Wildman–Crippen MR) is 302 cm³/mol. The second-order valence-electron chi connectivity index (χ2n) is 18.6. The van der Waals surface area contributed by atoms with Crippen LogP contribution in [0.2, 0.25) is 0 Å². The van der Waals surface area contributed by atoms with E-state index in [0.29, 0.717) is 89.1 Å². The molecule has 370 valence electrons. The Labute approximate surface area is 451 Å². The minimum atomic E-state index is -4.92. The third-order valence-electron chi connectivity index (χ3n) is 13.7. The molecule has 12 rings (SSSR count). The van der Waals surface area contributed by atoms with Crippen LogP contribution >= 0.6 is 0 Å². The number of alkyl halides is 3. The summed E-state index contributed by atoms with van der Waals surface area (Å²) in [4.78, 5) is 28.0. The highest BCUT2D eigenvalue weighted by Crippen LogP contribution is 2.47. The van der Waals surface area contributed by atoms with Crippen molar-refractivity contribution in [1.82, 2.24) is 24.5 Å². The molecule has 0 unspecified atom stereocenters. The zero-order valence-electron chi connectivity index (χ0n) is 41.4. The van der Waals surface area contributed by atoms with Crippen LogP contribution in [-0.2, 0) is 6.18 Å². The average Bonchev–Trinajstić information content (AvgIpc) is 4.08. The van der Waals surface area contributed by atoms with Crippen LogP contribution in [0.1, 0.15) is 16.7 Å². The molecule has 0 radical (unpaired) electrons. The smallest absolute Gasteiger partial charge is 0.308 e. The van der Waals surface area contributed by atoms with Gasteiger partial charge in [-0.2, -0.15) is 23.7 Å². The Morgan fingerprint density at radius 2 is 0.759 bits per heavy atom. The Morgan fingerprint density at radius 1 is 0.392 bits per heavy atom. The molecular formula is C67H36F3N9. The van der Waals surface area contributed by atoms with Crippen molar-refractivity contribution in [1.29, 1.82) is 10.5 Å². The predicted octanol–water partition coefficient (Wildman–Crippen LogP) is 17.6. The fraction of sp³-hybridized carbons (Fsp3) is 0.0149. The van der Waals surface area contributed by atoms with Crippen molar-refractivity contribution in [3.05, 3.63) is 258 Å². The van der Waals surface area contributed by atoms with Crippen molar-refractivity contribution in [3.63, 3.8) is 0 Å². The maximum Gasteiger partial charge on any atom is 0.416 e. The van der Waals surface area contributed by atoms with E-state index >= 15 is 13.2 Å². The van der Waals surface area contributed by atoms with Gasteiger partial charge in [-0.15, -0.1) is 0 Å². The topological polar surface area (TPSA) is 113 Å². The lowest BCUT2D eigenvalue weighted by molar-refractivity contribution is -0.137. The number of nitrogens with zero attached hydrogens (tertiary/aromatic N) is 9. The fourth-order valence-corrected chi connectivity index (χ4v) is 9.98. The van der Waals surface area contributed by atoms with Crippen molar-refractivity contribution in [3.8, 4) is 108 Å². The maximum absolute atomic E-state index is 16.1. The second kappa shape index (κ2) is 20.1. The quantitative estimate of drug-likeness (QED) is 0.133. The number of aromatic nitrogens is 5. The van der Waals surface area contributed by atoms with Gasteiger partial charge in [0.1, 0.15) is 0 Å². The number of halogens is 3. The molecule has 0 bridgehead atoms. The highest BCUT2D eigenvalue weighted by atomic mass is 19.4. The molecule has 0 saturated carbocycles. The molecule has 3 aromatic heterocycles. The van der Waals surface area contributed by atoms with E-state index in [4.69, 9.17) is 33.1 Å². The summed E-state index contributed by atoms with van der Waals surface area (Å²) in [6, 6.07) is 68.7. The van der Waals surface area contributed by atoms with Crippen molar-refractivity contribution < 1.29 is 13.2 Å². The monoisotopic (exact) mass is 1020 g/mol. The van der Waals surface area contributed by atoms with Crippen molar-refractivity contribution >= 4 is 33.2 Å². The van der Waals surface area contributed by atoms with Gasteiger partial charge in [0.05, 0.1) is 81.5 Å². The summed E-state index contributed by atoms with van der Waals surface area (Å²) < 4.78 is 50.2. The first-order valence-electron chi connectivity index (χ1n) is 24.8. The largest absolute Gasteiger partial charge is 0.416 e. The highest BCUT2D eigenvalue weighted by molar-refractivity contribution is 6.12. The summed E-state index contributed by atoms with van der Waals surface area (Å²) in [5, 5.41) is 21.6. The Bertz CT molecular complexity index is 4110. The molecule has 0 amide bonds. The molecule has 0 aliphatic rings. The van der Waals surface area contributed by atoms with Crippen LogP contribution in [0.15, 0.2) is 218 Å². The molecule has 0 saturated heterocycles. The number of fused-ring (bicyclic) bond motifs is 3. The van der Waals surface area contributed by atoms with E-state index in [1.165, 1.54) is 12.1 Å². The zero-order chi connectivity index (χ0) is 54.2. The number of hydrogen-bond donors (Lipinski definition) is 0. The maximum atomic E-state index is 16.1. The van der Waals surface area contributed by atoms with Crippen LogP contribution in [0.25, 0.3) is 127 Å². The summed E-state index contributed by atoms with van der Waals surface area (Å²) in [5.74, 6) is -0.0570. The van der Waals surface area contributed by atoms with E-state index in [0.717, 1.165) is 12.1 Å². The van der Waals surface area contributed by atoms with Gasteiger partial charge in [-0.3, -0.25) is 0 Å². The summed E-state index contributed by atoms with van der Waals surface area (Å²) in [6.07, 6.45) is -4.92. The van der Waals surface area contributed by atoms with Gasteiger partial charge in [-0.1, -0.05) is 164 Å². The van der Waals surface area contributed by atoms with Gasteiger partial charge in [0, 0.05) is 44.2 Å². The number of rotatable bonds is 9. The van der Waals surface area contributed by atoms with Gasteiger partial charge in [0.2, 0.25) is 0 Å². The first kappa shape index (κ1) is 48.6. The molecule has 79 heavy (non-hydrogen) atoms. The van der Waals surface area contributed by atoms with E-state index < -0.39 is 11.7 Å². The minimum absolute atomic E-state index is 0.00657. The third-order valence-corrected chi connectivity index (χ3v) is 13.7. The number of benzene rings is 9. The molecule has 0 fully saturated rings. The van der Waals surface area contributed by atoms with E-state index in [1.807, 2.05) is 174 Å². The lowest BCUT2D eigenvalue weighted by Gasteiger charge is -2.22. The van der Waals surface area contributed by atoms with Crippen LogP contribution in [0.5, 0.6) is 0 Å². The molecule has 12 heteroatoms. The van der Waals surface area contributed by atoms with Crippen molar-refractivity contribution in [2.45, 2.75) is 6.18 Å². The molecule has 9 nitrogen and oxygen atoms in total. The van der Waals surface area contributed by atoms with Crippen LogP contribution in [0.3, 0.4) is 0 Å². The van der Waals surface area contributed by atoms with Crippen LogP contribution in [-0.4, -0.2) is 24.5 Å². The number of hydrogen-bond acceptors (Lipinski definition) is 6. The molecule has 0 N–H and O–H groups in total. The van der Waals surface area contributed by atoms with Gasteiger partial charge in [-0.05, 0) is 76.9 Å². The van der Waals surface area contributed by atoms with E-state index in [9.17, 15) is 10.5 Å². The first-order chi connectivity index (χ1) is 38.5. The molecule has 0 atom stereocenters. The van der Waals surface area contributed by atoms with Crippen LogP contribution in [0.4, 0.5) is 24.5 Å². The van der Waals surface area contributed by atoms with Crippen molar-refractivity contribution in [2.75, 3.05) is 0 Å². The fourth-order valence-electron chi connectivity index (χ4n) is 9.98. The minimum Gasteiger partial charge on any atom is -0.308 e. The molecule has 9 aromatic carbocycles. The zero-order valence-corrected chi connectivity index (χ0v) is 41.4. The lowest BCUT2D eigenvalue weighted by Crippen LogP contribution is -2.11. The molecule has 0 aliphatic carbocycles. The van der Waals surface area contributed by atoms with Crippen LogP contribution < -0.4 is 0 Å². The summed E-state index contributed by atoms with van der Waals surface area (Å²) in [7, 11) is 0. The highest BCUT2D eigenvalue weighted by Gasteiger charge is 2.35. The normalized spacial score (nSPS) is 11.2. The van der Waals surface area contributed by atoms with E-state index in [-0.39, 0.29) is 51.0 Å². The third kappa shape index (κ3) is 9.36. The van der Waals surface area contributed by atoms with Gasteiger partial charge in [-0.25, -0.2) is 29.6 Å². The van der Waals surface area contributed by atoms with Gasteiger partial charge in [0.25, 0.3) is 0 Å². The Morgan fingerprint density at radius 3 is 1.10 bits per heavy atom. The van der Waals surface area contributed by atoms with Gasteiger partial charge in [0.15, 0.2) is 23.0 Å². The first-order valence-corrected chi connectivity index (χ1v) is 24.8. The van der Waals surface area contributed by atoms with Crippen LogP contribution in [0, 0.1) is 35.8 Å². The summed E-state index contributed by atoms with van der Waals surface area (Å²) in [5.41, 5.74) is 8.25. The SMILES string of the molecule is [C-]#[N+]c1cc([N+]#[C-])cc(-c2ccc3c4ccc(-c5cc(C#N)cc(C#N)c5)cc4n(-c4c(-c5nc(-c6ccccc6)cc(-c6ccccc6)n5)cc(C(F)(F)F)cc4-c4nc(-c5ccccc5)cc(-c5ccccc5)n4)c3c2)c1. The number of nitriles is 2. The lowest BCUT2D eigenvalue weighted by atomic mass is 9.97. The molecule has 0 spiro atoms. The van der Waals surface area contributed by atoms with E-state index in [2.05, 4.69) is 21.8 Å². The molecule has 3 heterocycles. The van der Waals surface area contributed by atoms with Gasteiger partial charge < -0.3 is 4.57 Å². The summed E-state index contributed by atoms with van der Waals surface area (Å²) >= 11 is 0. The average molecular weight is 1020 g/mol. The van der Waals surface area contributed by atoms with E-state index in [1.54, 1.807) is 24.3 Å². The van der Waals surface area contributed by atoms with Crippen molar-refractivity contribution in [2.24, 2.45) is 0 Å². The summed E-state index contributed by atoms with van der Waals surface area (Å²) in [6.45, 7) is 15.8. The second-order valence-corrected chi connectivity index (χ2v) is 18.6. The Balaban J connectivity index is 1.29. The standard InChI is InChI=1S/C67H36F3N9/c1-73-52-30-50(31-53(36-52)74-2)48-24-26-55-54-25-23-47(49-28-41(39-71)27-42(29-49)40-72)32-62(54)79(63(55)33-48)64-56(65-75-58(43-15-7-3-8-16-43)37-59(76-65)44-17-9-4-10-18-44)34-51(67(68,69)70)35-57(64)66-77-60(45-19-11-5-12-20-45)38-61(78-66)46-21-13-6-14-22-46/h3-38H. The molecule has 0 aliphatic heterocycles. The molecule has 12 aromatic rings. The molecular weight excluding hydrogens is 988 g/mol. The van der Waals surface area contributed by atoms with Gasteiger partial charge >= 0.3 is 6.18 Å².